The van der Waals surface area contributed by atoms with Gasteiger partial charge < -0.3 is 26.0 Å². The normalized spacial score (nSPS) is 20.0. The predicted molar refractivity (Wildman–Crippen MR) is 129 cm³/mol. The monoisotopic (exact) mass is 489 g/mol. The smallest absolute Gasteiger partial charge is 0.414 e. The highest BCUT2D eigenvalue weighted by atomic mass is 35.5. The largest absolute Gasteiger partial charge is 0.442 e. The quantitative estimate of drug-likeness (QED) is 0.515. The molecule has 2 aliphatic rings. The number of hydrogen-bond donors (Lipinski definition) is 3. The van der Waals surface area contributed by atoms with Crippen molar-refractivity contribution in [3.05, 3.63) is 52.2 Å². The lowest BCUT2D eigenvalue weighted by molar-refractivity contribution is -0.111. The minimum absolute atomic E-state index is 0.0716. The molecule has 2 saturated heterocycles. The number of cyclic esters (lactones) is 1. The van der Waals surface area contributed by atoms with E-state index in [4.69, 9.17) is 22.1 Å². The van der Waals surface area contributed by atoms with Crippen LogP contribution in [0.5, 0.6) is 0 Å². The van der Waals surface area contributed by atoms with Crippen LogP contribution in [-0.2, 0) is 9.53 Å². The van der Waals surface area contributed by atoms with Gasteiger partial charge in [-0.3, -0.25) is 14.5 Å². The van der Waals surface area contributed by atoms with Crippen molar-refractivity contribution in [1.82, 2.24) is 5.32 Å². The molecule has 174 valence electrons. The van der Waals surface area contributed by atoms with Crippen LogP contribution in [0, 0.1) is 0 Å². The van der Waals surface area contributed by atoms with Crippen LogP contribution < -0.4 is 26.2 Å². The molecule has 0 radical (unpaired) electrons. The molecule has 2 aromatic rings. The molecule has 4 rings (SSSR count). The molecule has 4 N–H and O–H groups in total. The van der Waals surface area contributed by atoms with Crippen LogP contribution in [0.15, 0.2) is 43.0 Å². The summed E-state index contributed by atoms with van der Waals surface area (Å²) < 4.78 is 5.95. The number of rotatable bonds is 7. The van der Waals surface area contributed by atoms with Crippen LogP contribution in [0.2, 0.25) is 4.34 Å². The van der Waals surface area contributed by atoms with E-state index in [-0.39, 0.29) is 30.9 Å². The van der Waals surface area contributed by atoms with E-state index in [1.807, 2.05) is 6.07 Å². The first kappa shape index (κ1) is 23.1. The number of ether oxygens (including phenoxy) is 1. The Morgan fingerprint density at radius 2 is 2.12 bits per heavy atom. The number of nitrogens with one attached hydrogen (secondary N) is 2. The number of halogens is 1. The summed E-state index contributed by atoms with van der Waals surface area (Å²) in [6.45, 7) is 5.39. The second-order valence-electron chi connectivity index (χ2n) is 7.82. The molecule has 3 heterocycles. The van der Waals surface area contributed by atoms with E-state index < -0.39 is 12.2 Å². The zero-order chi connectivity index (χ0) is 23.5. The molecule has 0 bridgehead atoms. The van der Waals surface area contributed by atoms with Gasteiger partial charge in [0, 0.05) is 24.8 Å². The average molecular weight is 490 g/mol. The van der Waals surface area contributed by atoms with Crippen molar-refractivity contribution in [3.63, 3.8) is 0 Å². The van der Waals surface area contributed by atoms with Crippen molar-refractivity contribution >= 4 is 57.9 Å². The van der Waals surface area contributed by atoms with Crippen molar-refractivity contribution < 1.29 is 19.1 Å². The van der Waals surface area contributed by atoms with E-state index in [1.54, 1.807) is 24.3 Å². The van der Waals surface area contributed by atoms with Gasteiger partial charge in [-0.15, -0.1) is 11.3 Å². The van der Waals surface area contributed by atoms with E-state index in [0.717, 1.165) is 18.7 Å². The first-order chi connectivity index (χ1) is 15.8. The van der Waals surface area contributed by atoms with Crippen molar-refractivity contribution in [1.29, 1.82) is 0 Å². The van der Waals surface area contributed by atoms with Gasteiger partial charge in [0.15, 0.2) is 0 Å². The number of thiophene rings is 1. The van der Waals surface area contributed by atoms with E-state index in [1.165, 1.54) is 22.3 Å². The maximum absolute atomic E-state index is 12.5. The number of carbonyl (C=O) groups is 3. The van der Waals surface area contributed by atoms with Gasteiger partial charge in [-0.25, -0.2) is 4.79 Å². The fourth-order valence-corrected chi connectivity index (χ4v) is 4.79. The van der Waals surface area contributed by atoms with Crippen LogP contribution in [0.3, 0.4) is 0 Å². The van der Waals surface area contributed by atoms with E-state index in [9.17, 15) is 14.4 Å². The molecule has 1 aromatic carbocycles. The Kier molecular flexibility index (Phi) is 6.87. The number of nitrogens with two attached hydrogens (primary N) is 1. The predicted octanol–water partition coefficient (Wildman–Crippen LogP) is 2.82. The summed E-state index contributed by atoms with van der Waals surface area (Å²) in [7, 11) is 0. The minimum atomic E-state index is -0.523. The summed E-state index contributed by atoms with van der Waals surface area (Å²) in [5.41, 5.74) is 8.00. The molecular weight excluding hydrogens is 466 g/mol. The fraction of sp³-hybridized carbons (Fsp3) is 0.318. The van der Waals surface area contributed by atoms with Crippen molar-refractivity contribution in [3.8, 4) is 0 Å². The highest BCUT2D eigenvalue weighted by molar-refractivity contribution is 7.18. The van der Waals surface area contributed by atoms with Gasteiger partial charge in [0.1, 0.15) is 6.10 Å². The maximum Gasteiger partial charge on any atom is 0.414 e. The summed E-state index contributed by atoms with van der Waals surface area (Å²) in [6, 6.07) is 8.76. The van der Waals surface area contributed by atoms with Crippen LogP contribution >= 0.6 is 22.9 Å². The lowest BCUT2D eigenvalue weighted by Gasteiger charge is -2.24. The molecule has 2 aliphatic heterocycles. The Morgan fingerprint density at radius 1 is 1.30 bits per heavy atom. The molecule has 0 spiro atoms. The lowest BCUT2D eigenvalue weighted by Crippen LogP contribution is -2.34. The number of benzene rings is 1. The summed E-state index contributed by atoms with van der Waals surface area (Å²) in [6.07, 6.45) is 1.01. The van der Waals surface area contributed by atoms with Crippen LogP contribution in [0.25, 0.3) is 0 Å². The van der Waals surface area contributed by atoms with Crippen LogP contribution in [0.4, 0.5) is 21.9 Å². The number of amides is 3. The van der Waals surface area contributed by atoms with Gasteiger partial charge in [0.05, 0.1) is 33.7 Å². The SMILES string of the molecule is C=CC(=O)Nc1cc(N2C[C@@H](CNC(=O)c3ccc(Cl)s3)OC2=O)ccc1N1CCC(N)C1. The van der Waals surface area contributed by atoms with Gasteiger partial charge in [-0.05, 0) is 42.8 Å². The fourth-order valence-electron chi connectivity index (χ4n) is 3.83. The van der Waals surface area contributed by atoms with Gasteiger partial charge >= 0.3 is 6.09 Å². The average Bonchev–Trinajstić information content (AvgIpc) is 3.52. The number of nitrogens with zero attached hydrogens (tertiary/aromatic N) is 2. The maximum atomic E-state index is 12.5. The summed E-state index contributed by atoms with van der Waals surface area (Å²) in [5, 5.41) is 5.58. The summed E-state index contributed by atoms with van der Waals surface area (Å²) in [4.78, 5) is 40.8. The molecule has 1 unspecified atom stereocenters. The molecule has 2 atom stereocenters. The molecule has 1 aromatic heterocycles. The van der Waals surface area contributed by atoms with Gasteiger partial charge in [-0.1, -0.05) is 18.2 Å². The Balaban J connectivity index is 1.46. The molecule has 9 nitrogen and oxygen atoms in total. The topological polar surface area (TPSA) is 117 Å². The molecule has 11 heteroatoms. The van der Waals surface area contributed by atoms with Gasteiger partial charge in [0.2, 0.25) is 5.91 Å². The molecule has 0 saturated carbocycles. The van der Waals surface area contributed by atoms with Crippen molar-refractivity contribution in [2.24, 2.45) is 5.73 Å². The number of anilines is 3. The molecular formula is C22H24ClN5O4S. The Labute approximate surface area is 200 Å². The Morgan fingerprint density at radius 3 is 2.79 bits per heavy atom. The highest BCUT2D eigenvalue weighted by Crippen LogP contribution is 2.34. The molecule has 0 aliphatic carbocycles. The van der Waals surface area contributed by atoms with Crippen LogP contribution in [0.1, 0.15) is 16.1 Å². The summed E-state index contributed by atoms with van der Waals surface area (Å²) >= 11 is 7.05. The second kappa shape index (κ2) is 9.82. The molecule has 2 fully saturated rings. The first-order valence-electron chi connectivity index (χ1n) is 10.4. The third-order valence-electron chi connectivity index (χ3n) is 5.46. The first-order valence-corrected chi connectivity index (χ1v) is 11.6. The Hall–Kier alpha value is -3.08. The summed E-state index contributed by atoms with van der Waals surface area (Å²) in [5.74, 6) is -0.626. The third kappa shape index (κ3) is 5.29. The van der Waals surface area contributed by atoms with E-state index in [0.29, 0.717) is 27.1 Å². The van der Waals surface area contributed by atoms with Gasteiger partial charge in [-0.2, -0.15) is 0 Å². The Bertz CT molecular complexity index is 1090. The van der Waals surface area contributed by atoms with E-state index in [2.05, 4.69) is 22.1 Å². The molecule has 33 heavy (non-hydrogen) atoms. The minimum Gasteiger partial charge on any atom is -0.442 e. The lowest BCUT2D eigenvalue weighted by atomic mass is 10.2. The second-order valence-corrected chi connectivity index (χ2v) is 9.53. The third-order valence-corrected chi connectivity index (χ3v) is 6.69. The van der Waals surface area contributed by atoms with Crippen molar-refractivity contribution in [2.45, 2.75) is 18.6 Å². The number of carbonyl (C=O) groups excluding carboxylic acids is 3. The van der Waals surface area contributed by atoms with Gasteiger partial charge in [0.25, 0.3) is 5.91 Å². The zero-order valence-electron chi connectivity index (χ0n) is 17.8. The standard InChI is InChI=1S/C22H24ClN5O4S/c1-2-20(29)26-16-9-14(3-4-17(16)27-8-7-13(24)11-27)28-12-15(32-22(28)31)10-25-21(30)18-5-6-19(23)33-18/h2-6,9,13,15H,1,7-8,10-12,24H2,(H,25,30)(H,26,29)/t13?,15-/m1/s1. The van der Waals surface area contributed by atoms with E-state index >= 15 is 0 Å². The number of hydrogen-bond acceptors (Lipinski definition) is 7. The zero-order valence-corrected chi connectivity index (χ0v) is 19.3. The van der Waals surface area contributed by atoms with Crippen molar-refractivity contribution in [2.75, 3.05) is 41.3 Å². The molecule has 3 amide bonds. The highest BCUT2D eigenvalue weighted by Gasteiger charge is 2.33. The van der Waals surface area contributed by atoms with Crippen LogP contribution in [-0.4, -0.2) is 56.2 Å².